The second-order valence-corrected chi connectivity index (χ2v) is 9.19. The predicted molar refractivity (Wildman–Crippen MR) is 123 cm³/mol. The predicted octanol–water partition coefficient (Wildman–Crippen LogP) is 4.04. The number of halogens is 1. The lowest BCUT2D eigenvalue weighted by Gasteiger charge is -2.34. The maximum absolute atomic E-state index is 12.3. The Hall–Kier alpha value is -3.14. The first-order chi connectivity index (χ1) is 15.2. The van der Waals surface area contributed by atoms with Crippen molar-refractivity contribution in [2.75, 3.05) is 23.7 Å². The minimum Gasteiger partial charge on any atom is -0.444 e. The number of piperidine rings is 1. The molecule has 1 aliphatic rings. The Morgan fingerprint density at radius 1 is 1.25 bits per heavy atom. The van der Waals surface area contributed by atoms with E-state index in [0.717, 1.165) is 24.2 Å². The molecule has 3 aromatic rings. The third-order valence-corrected chi connectivity index (χ3v) is 5.21. The zero-order valence-electron chi connectivity index (χ0n) is 18.6. The largest absolute Gasteiger partial charge is 0.444 e. The van der Waals surface area contributed by atoms with Gasteiger partial charge in [0.1, 0.15) is 16.4 Å². The number of hydrogen-bond acceptors (Lipinski definition) is 8. The van der Waals surface area contributed by atoms with Gasteiger partial charge < -0.3 is 20.3 Å². The van der Waals surface area contributed by atoms with Crippen molar-refractivity contribution >= 4 is 40.8 Å². The first-order valence-corrected chi connectivity index (χ1v) is 10.9. The zero-order chi connectivity index (χ0) is 22.9. The van der Waals surface area contributed by atoms with E-state index in [9.17, 15) is 4.79 Å². The van der Waals surface area contributed by atoms with Gasteiger partial charge in [0.25, 0.3) is 0 Å². The second-order valence-electron chi connectivity index (χ2n) is 8.78. The molecule has 0 bridgehead atoms. The molecule has 1 aliphatic heterocycles. The van der Waals surface area contributed by atoms with Crippen LogP contribution in [0.3, 0.4) is 0 Å². The number of carbonyl (C=O) groups is 1. The molecule has 0 saturated carbocycles. The van der Waals surface area contributed by atoms with Crippen molar-refractivity contribution in [3.8, 4) is 0 Å². The number of aromatic nitrogens is 5. The summed E-state index contributed by atoms with van der Waals surface area (Å²) in [6, 6.07) is 3.89. The number of rotatable bonds is 4. The molecule has 0 aromatic carbocycles. The van der Waals surface area contributed by atoms with Crippen molar-refractivity contribution in [1.29, 1.82) is 0 Å². The smallest absolute Gasteiger partial charge is 0.410 e. The lowest BCUT2D eigenvalue weighted by molar-refractivity contribution is 0.0210. The van der Waals surface area contributed by atoms with Gasteiger partial charge in [-0.25, -0.2) is 19.3 Å². The second kappa shape index (κ2) is 8.78. The number of ether oxygens (including phenoxy) is 1. The van der Waals surface area contributed by atoms with Gasteiger partial charge in [0.05, 0.1) is 6.20 Å². The van der Waals surface area contributed by atoms with Crippen LogP contribution in [0.1, 0.15) is 39.4 Å². The summed E-state index contributed by atoms with van der Waals surface area (Å²) in [6.07, 6.45) is 4.65. The fourth-order valence-corrected chi connectivity index (χ4v) is 3.60. The number of likely N-dealkylation sites (tertiary alicyclic amines) is 1. The summed E-state index contributed by atoms with van der Waals surface area (Å²) in [7, 11) is 0. The van der Waals surface area contributed by atoms with Gasteiger partial charge in [0.2, 0.25) is 5.95 Å². The van der Waals surface area contributed by atoms with Crippen molar-refractivity contribution < 1.29 is 9.53 Å². The molecule has 170 valence electrons. The minimum absolute atomic E-state index is 0.143. The van der Waals surface area contributed by atoms with E-state index in [2.05, 4.69) is 30.7 Å². The SMILES string of the molecule is Cc1nc2cc(Nc3ncc(Cl)c(NC4CCN(C(=O)OC(C)(C)C)CC4)n3)ccn2n1. The molecule has 11 heteroatoms. The van der Waals surface area contributed by atoms with Crippen molar-refractivity contribution in [2.45, 2.75) is 52.2 Å². The normalized spacial score (nSPS) is 15.1. The van der Waals surface area contributed by atoms with Crippen molar-refractivity contribution in [3.05, 3.63) is 35.4 Å². The van der Waals surface area contributed by atoms with Crippen molar-refractivity contribution in [1.82, 2.24) is 29.5 Å². The Labute approximate surface area is 191 Å². The van der Waals surface area contributed by atoms with Gasteiger partial charge in [-0.15, -0.1) is 0 Å². The Balaban J connectivity index is 1.38. The molecule has 10 nitrogen and oxygen atoms in total. The highest BCUT2D eigenvalue weighted by Crippen LogP contribution is 2.25. The highest BCUT2D eigenvalue weighted by atomic mass is 35.5. The van der Waals surface area contributed by atoms with Gasteiger partial charge >= 0.3 is 6.09 Å². The quantitative estimate of drug-likeness (QED) is 0.602. The number of nitrogens with one attached hydrogen (secondary N) is 2. The Kier molecular flexibility index (Phi) is 6.05. The molecule has 0 spiro atoms. The molecular weight excluding hydrogens is 432 g/mol. The van der Waals surface area contributed by atoms with E-state index in [1.807, 2.05) is 46.0 Å². The number of fused-ring (bicyclic) bond motifs is 1. The lowest BCUT2D eigenvalue weighted by Crippen LogP contribution is -2.44. The molecule has 1 saturated heterocycles. The third kappa shape index (κ3) is 5.37. The van der Waals surface area contributed by atoms with Crippen LogP contribution in [0.5, 0.6) is 0 Å². The molecule has 3 aromatic heterocycles. The van der Waals surface area contributed by atoms with Gasteiger partial charge in [0, 0.05) is 37.1 Å². The number of amides is 1. The highest BCUT2D eigenvalue weighted by molar-refractivity contribution is 6.32. The maximum atomic E-state index is 12.3. The van der Waals surface area contributed by atoms with E-state index in [0.29, 0.717) is 35.7 Å². The standard InChI is InChI=1S/C21H27ClN8O2/c1-13-24-17-11-15(7-10-30(17)28-13)26-19-23-12-16(22)18(27-19)25-14-5-8-29(9-6-14)20(31)32-21(2,3)4/h7,10-12,14H,5-6,8-9H2,1-4H3,(H2,23,25,26,27). The molecular formula is C21H27ClN8O2. The average Bonchev–Trinajstić information content (AvgIpc) is 3.09. The van der Waals surface area contributed by atoms with E-state index < -0.39 is 5.60 Å². The monoisotopic (exact) mass is 458 g/mol. The summed E-state index contributed by atoms with van der Waals surface area (Å²) in [4.78, 5) is 27.2. The zero-order valence-corrected chi connectivity index (χ0v) is 19.3. The van der Waals surface area contributed by atoms with Crippen LogP contribution in [0.15, 0.2) is 24.5 Å². The van der Waals surface area contributed by atoms with Crippen LogP contribution in [0.4, 0.5) is 22.2 Å². The number of anilines is 3. The van der Waals surface area contributed by atoms with Crippen LogP contribution in [0, 0.1) is 6.92 Å². The van der Waals surface area contributed by atoms with E-state index in [1.54, 1.807) is 15.6 Å². The molecule has 4 heterocycles. The summed E-state index contributed by atoms with van der Waals surface area (Å²) in [5.41, 5.74) is 1.03. The first-order valence-electron chi connectivity index (χ1n) is 10.5. The van der Waals surface area contributed by atoms with Crippen molar-refractivity contribution in [2.24, 2.45) is 0 Å². The summed E-state index contributed by atoms with van der Waals surface area (Å²) in [5, 5.41) is 11.3. The molecule has 0 radical (unpaired) electrons. The van der Waals surface area contributed by atoms with Crippen LogP contribution in [0.25, 0.3) is 5.65 Å². The molecule has 0 unspecified atom stereocenters. The van der Waals surface area contributed by atoms with Gasteiger partial charge in [-0.05, 0) is 46.6 Å². The Bertz CT molecular complexity index is 1120. The number of aryl methyl sites for hydroxylation is 1. The van der Waals surface area contributed by atoms with Crippen molar-refractivity contribution in [3.63, 3.8) is 0 Å². The highest BCUT2D eigenvalue weighted by Gasteiger charge is 2.27. The van der Waals surface area contributed by atoms with Crippen LogP contribution in [0.2, 0.25) is 5.02 Å². The van der Waals surface area contributed by atoms with E-state index in [-0.39, 0.29) is 12.1 Å². The molecule has 1 fully saturated rings. The fraction of sp³-hybridized carbons (Fsp3) is 0.476. The van der Waals surface area contributed by atoms with Gasteiger partial charge in [-0.1, -0.05) is 11.6 Å². The molecule has 32 heavy (non-hydrogen) atoms. The van der Waals surface area contributed by atoms with E-state index in [4.69, 9.17) is 16.3 Å². The molecule has 0 atom stereocenters. The van der Waals surface area contributed by atoms with Crippen LogP contribution in [-0.2, 0) is 4.74 Å². The van der Waals surface area contributed by atoms with Gasteiger partial charge in [-0.3, -0.25) is 0 Å². The molecule has 1 amide bonds. The number of nitrogens with zero attached hydrogens (tertiary/aromatic N) is 6. The summed E-state index contributed by atoms with van der Waals surface area (Å²) in [6.45, 7) is 8.67. The van der Waals surface area contributed by atoms with Crippen LogP contribution in [-0.4, -0.2) is 60.3 Å². The summed E-state index contributed by atoms with van der Waals surface area (Å²) < 4.78 is 7.17. The summed E-state index contributed by atoms with van der Waals surface area (Å²) >= 11 is 6.33. The van der Waals surface area contributed by atoms with Gasteiger partial charge in [0.15, 0.2) is 11.5 Å². The van der Waals surface area contributed by atoms with E-state index in [1.165, 1.54) is 0 Å². The Morgan fingerprint density at radius 2 is 2.00 bits per heavy atom. The van der Waals surface area contributed by atoms with Gasteiger partial charge in [-0.2, -0.15) is 10.1 Å². The third-order valence-electron chi connectivity index (χ3n) is 4.93. The van der Waals surface area contributed by atoms with E-state index >= 15 is 0 Å². The summed E-state index contributed by atoms with van der Waals surface area (Å²) in [5.74, 6) is 1.68. The maximum Gasteiger partial charge on any atom is 0.410 e. The molecule has 0 aliphatic carbocycles. The Morgan fingerprint density at radius 3 is 2.72 bits per heavy atom. The molecule has 2 N–H and O–H groups in total. The van der Waals surface area contributed by atoms with Crippen LogP contribution >= 0.6 is 11.6 Å². The minimum atomic E-state index is -0.498. The fourth-order valence-electron chi connectivity index (χ4n) is 3.45. The number of hydrogen-bond donors (Lipinski definition) is 2. The lowest BCUT2D eigenvalue weighted by atomic mass is 10.1. The number of carbonyl (C=O) groups excluding carboxylic acids is 1. The molecule has 4 rings (SSSR count). The topological polar surface area (TPSA) is 110 Å². The average molecular weight is 459 g/mol. The van der Waals surface area contributed by atoms with Crippen LogP contribution < -0.4 is 10.6 Å². The number of pyridine rings is 1. The first kappa shape index (κ1) is 22.1.